The molecule has 4 nitrogen and oxygen atoms in total. The summed E-state index contributed by atoms with van der Waals surface area (Å²) in [5.74, 6) is -0.161. The topological polar surface area (TPSA) is 77.8 Å². The number of carbonyl (C=O) groups excluding carboxylic acids is 1. The molecular formula is C17H26O4. The molecule has 5 atom stereocenters. The molecule has 118 valence electrons. The summed E-state index contributed by atoms with van der Waals surface area (Å²) in [6.45, 7) is 0. The molecule has 0 heterocycles. The van der Waals surface area contributed by atoms with Crippen LogP contribution in [0.1, 0.15) is 51.4 Å². The molecule has 0 saturated heterocycles. The van der Waals surface area contributed by atoms with Crippen LogP contribution in [0.4, 0.5) is 0 Å². The summed E-state index contributed by atoms with van der Waals surface area (Å²) in [6.07, 6.45) is 9.56. The third-order valence-electron chi connectivity index (χ3n) is 5.90. The zero-order chi connectivity index (χ0) is 15.0. The predicted molar refractivity (Wildman–Crippen MR) is 78.5 cm³/mol. The van der Waals surface area contributed by atoms with Crippen LogP contribution in [0.2, 0.25) is 0 Å². The number of ketones is 1. The zero-order valence-corrected chi connectivity index (χ0v) is 12.4. The highest BCUT2D eigenvalue weighted by molar-refractivity contribution is 5.94. The molecule has 3 N–H and O–H groups in total. The first-order valence-electron chi connectivity index (χ1n) is 8.32. The molecule has 0 aliphatic heterocycles. The summed E-state index contributed by atoms with van der Waals surface area (Å²) in [6, 6.07) is 0. The van der Waals surface area contributed by atoms with E-state index in [1.807, 2.05) is 6.08 Å². The quantitative estimate of drug-likeness (QED) is 0.691. The Balaban J connectivity index is 1.65. The van der Waals surface area contributed by atoms with Crippen LogP contribution < -0.4 is 0 Å². The maximum atomic E-state index is 11.6. The Morgan fingerprint density at radius 2 is 1.90 bits per heavy atom. The second kappa shape index (κ2) is 5.82. The molecule has 3 rings (SSSR count). The zero-order valence-electron chi connectivity index (χ0n) is 12.4. The van der Waals surface area contributed by atoms with Crippen LogP contribution in [0.5, 0.6) is 0 Å². The van der Waals surface area contributed by atoms with E-state index in [1.54, 1.807) is 6.08 Å². The van der Waals surface area contributed by atoms with Crippen molar-refractivity contribution < 1.29 is 20.1 Å². The average molecular weight is 294 g/mol. The second-order valence-corrected chi connectivity index (χ2v) is 7.12. The summed E-state index contributed by atoms with van der Waals surface area (Å²) in [5, 5.41) is 30.8. The van der Waals surface area contributed by atoms with Crippen LogP contribution in [0.15, 0.2) is 12.2 Å². The van der Waals surface area contributed by atoms with Gasteiger partial charge in [0.05, 0.1) is 12.2 Å². The Bertz CT molecular complexity index is 427. The maximum absolute atomic E-state index is 11.6. The molecule has 21 heavy (non-hydrogen) atoms. The molecule has 0 aromatic carbocycles. The van der Waals surface area contributed by atoms with Gasteiger partial charge in [0.15, 0.2) is 5.78 Å². The van der Waals surface area contributed by atoms with Gasteiger partial charge in [0.25, 0.3) is 0 Å². The van der Waals surface area contributed by atoms with Crippen LogP contribution >= 0.6 is 0 Å². The van der Waals surface area contributed by atoms with E-state index < -0.39 is 17.8 Å². The number of aliphatic hydroxyl groups is 3. The number of rotatable bonds is 3. The Kier molecular flexibility index (Phi) is 4.21. The number of hydrogen-bond acceptors (Lipinski definition) is 4. The monoisotopic (exact) mass is 294 g/mol. The summed E-state index contributed by atoms with van der Waals surface area (Å²) in [4.78, 5) is 11.6. The molecule has 3 fully saturated rings. The lowest BCUT2D eigenvalue weighted by Crippen LogP contribution is -2.63. The van der Waals surface area contributed by atoms with Crippen molar-refractivity contribution in [2.24, 2.45) is 17.8 Å². The lowest BCUT2D eigenvalue weighted by Gasteiger charge is -2.52. The fraction of sp³-hybridized carbons (Fsp3) is 0.824. The molecule has 0 unspecified atom stereocenters. The Hall–Kier alpha value is -0.710. The van der Waals surface area contributed by atoms with E-state index in [-0.39, 0.29) is 17.6 Å². The van der Waals surface area contributed by atoms with Crippen molar-refractivity contribution in [3.05, 3.63) is 12.2 Å². The Morgan fingerprint density at radius 1 is 1.19 bits per heavy atom. The Labute approximate surface area is 125 Å². The lowest BCUT2D eigenvalue weighted by molar-refractivity contribution is -0.182. The first-order valence-corrected chi connectivity index (χ1v) is 8.32. The van der Waals surface area contributed by atoms with Crippen molar-refractivity contribution >= 4 is 5.78 Å². The standard InChI is InChI=1S/C17H26O4/c18-14(11-4-2-1-3-5-11)7-6-12-13-10-16(20)17(13,21)9-8-15(12)19/h6-7,11-15,18-19,21H,1-5,8-10H2/t12-,13-,14+,15-,17-/m0/s1. The van der Waals surface area contributed by atoms with Crippen LogP contribution in [0, 0.1) is 17.8 Å². The van der Waals surface area contributed by atoms with Crippen LogP contribution in [0.25, 0.3) is 0 Å². The van der Waals surface area contributed by atoms with Gasteiger partial charge < -0.3 is 15.3 Å². The first kappa shape index (κ1) is 15.2. The summed E-state index contributed by atoms with van der Waals surface area (Å²) < 4.78 is 0. The minimum Gasteiger partial charge on any atom is -0.393 e. The smallest absolute Gasteiger partial charge is 0.165 e. The van der Waals surface area contributed by atoms with E-state index in [0.717, 1.165) is 12.8 Å². The highest BCUT2D eigenvalue weighted by Gasteiger charge is 2.59. The SMILES string of the molecule is O=C1C[C@H]2[C@H](C=C[C@@H](O)C3CCCCC3)[C@@H](O)CC[C@@]12O. The van der Waals surface area contributed by atoms with E-state index in [1.165, 1.54) is 19.3 Å². The molecule has 0 aromatic rings. The predicted octanol–water partition coefficient (Wildman–Crippen LogP) is 1.57. The molecule has 4 heteroatoms. The molecule has 0 radical (unpaired) electrons. The number of hydrogen-bond donors (Lipinski definition) is 3. The summed E-state index contributed by atoms with van der Waals surface area (Å²) in [5.41, 5.74) is -1.22. The summed E-state index contributed by atoms with van der Waals surface area (Å²) in [7, 11) is 0. The fourth-order valence-corrected chi connectivity index (χ4v) is 4.37. The molecule has 0 aromatic heterocycles. The van der Waals surface area contributed by atoms with Crippen molar-refractivity contribution in [1.82, 2.24) is 0 Å². The van der Waals surface area contributed by atoms with E-state index in [2.05, 4.69) is 0 Å². The van der Waals surface area contributed by atoms with Gasteiger partial charge in [-0.1, -0.05) is 31.4 Å². The first-order chi connectivity index (χ1) is 10.0. The van der Waals surface area contributed by atoms with Gasteiger partial charge in [-0.05, 0) is 31.6 Å². The second-order valence-electron chi connectivity index (χ2n) is 7.12. The van der Waals surface area contributed by atoms with E-state index in [9.17, 15) is 20.1 Å². The Morgan fingerprint density at radius 3 is 2.57 bits per heavy atom. The third kappa shape index (κ3) is 2.69. The van der Waals surface area contributed by atoms with Crippen LogP contribution in [-0.4, -0.2) is 38.9 Å². The normalized spacial score (nSPS) is 42.6. The van der Waals surface area contributed by atoms with Gasteiger partial charge in [-0.15, -0.1) is 0 Å². The molecule has 3 saturated carbocycles. The molecule has 3 aliphatic rings. The number of carbonyl (C=O) groups is 1. The third-order valence-corrected chi connectivity index (χ3v) is 5.90. The van der Waals surface area contributed by atoms with Gasteiger partial charge in [0.1, 0.15) is 5.60 Å². The van der Waals surface area contributed by atoms with Crippen LogP contribution in [0.3, 0.4) is 0 Å². The number of fused-ring (bicyclic) bond motifs is 1. The van der Waals surface area contributed by atoms with Gasteiger partial charge >= 0.3 is 0 Å². The van der Waals surface area contributed by atoms with Crippen molar-refractivity contribution in [3.63, 3.8) is 0 Å². The lowest BCUT2D eigenvalue weighted by atomic mass is 9.55. The van der Waals surface area contributed by atoms with Gasteiger partial charge in [-0.3, -0.25) is 4.79 Å². The number of aliphatic hydroxyl groups excluding tert-OH is 2. The average Bonchev–Trinajstić information content (AvgIpc) is 2.51. The fourth-order valence-electron chi connectivity index (χ4n) is 4.37. The van der Waals surface area contributed by atoms with Gasteiger partial charge in [0.2, 0.25) is 0 Å². The molecule has 3 aliphatic carbocycles. The minimum absolute atomic E-state index is 0.0920. The maximum Gasteiger partial charge on any atom is 0.165 e. The van der Waals surface area contributed by atoms with Gasteiger partial charge in [0, 0.05) is 18.3 Å². The largest absolute Gasteiger partial charge is 0.393 e. The van der Waals surface area contributed by atoms with E-state index in [4.69, 9.17) is 0 Å². The highest BCUT2D eigenvalue weighted by Crippen LogP contribution is 2.49. The van der Waals surface area contributed by atoms with E-state index >= 15 is 0 Å². The summed E-state index contributed by atoms with van der Waals surface area (Å²) >= 11 is 0. The number of Topliss-reactive ketones (excluding diaryl/α,β-unsaturated/α-hetero) is 1. The minimum atomic E-state index is -1.22. The van der Waals surface area contributed by atoms with Crippen LogP contribution in [-0.2, 0) is 4.79 Å². The van der Waals surface area contributed by atoms with Crippen molar-refractivity contribution in [3.8, 4) is 0 Å². The molecule has 0 amide bonds. The molecular weight excluding hydrogens is 268 g/mol. The van der Waals surface area contributed by atoms with Crippen molar-refractivity contribution in [1.29, 1.82) is 0 Å². The highest BCUT2D eigenvalue weighted by atomic mass is 16.3. The van der Waals surface area contributed by atoms with Crippen molar-refractivity contribution in [2.75, 3.05) is 0 Å². The van der Waals surface area contributed by atoms with E-state index in [0.29, 0.717) is 25.2 Å². The molecule has 0 spiro atoms. The molecule has 0 bridgehead atoms. The van der Waals surface area contributed by atoms with Crippen molar-refractivity contribution in [2.45, 2.75) is 69.2 Å². The van der Waals surface area contributed by atoms with Gasteiger partial charge in [-0.25, -0.2) is 0 Å². The van der Waals surface area contributed by atoms with Gasteiger partial charge in [-0.2, -0.15) is 0 Å².